The lowest BCUT2D eigenvalue weighted by atomic mass is 9.82. The summed E-state index contributed by atoms with van der Waals surface area (Å²) in [6, 6.07) is 9.21. The summed E-state index contributed by atoms with van der Waals surface area (Å²) >= 11 is 24.6. The summed E-state index contributed by atoms with van der Waals surface area (Å²) in [5, 5.41) is 12.6. The molecule has 1 saturated heterocycles. The van der Waals surface area contributed by atoms with Crippen LogP contribution in [0.15, 0.2) is 49.1 Å². The molecule has 0 saturated carbocycles. The number of aliphatic hydroxyl groups is 1. The Morgan fingerprint density at radius 2 is 1.81 bits per heavy atom. The number of piperazine rings is 1. The minimum atomic E-state index is -1.80. The van der Waals surface area contributed by atoms with E-state index in [-0.39, 0.29) is 0 Å². The van der Waals surface area contributed by atoms with Crippen molar-refractivity contribution in [3.63, 3.8) is 0 Å². The van der Waals surface area contributed by atoms with E-state index in [1.165, 1.54) is 0 Å². The molecule has 9 nitrogen and oxygen atoms in total. The van der Waals surface area contributed by atoms with E-state index in [2.05, 4.69) is 9.88 Å². The number of hydrogen-bond donors (Lipinski definition) is 2. The maximum absolute atomic E-state index is 13.0. The zero-order valence-corrected chi connectivity index (χ0v) is 26.6. The third-order valence-corrected chi connectivity index (χ3v) is 9.68. The third-order valence-electron chi connectivity index (χ3n) is 8.08. The number of fused-ring (bicyclic) bond motifs is 2. The van der Waals surface area contributed by atoms with Crippen molar-refractivity contribution in [1.82, 2.24) is 24.3 Å². The SMILES string of the molecule is Cn1cncc1C(C)(O)C1=Cc2cccnc2[C@@](N)(N2CCN(C(=O)OC(C)(C)C(Cl)(Cl)Cl)CC2)c2ccc(Cl)cc21. The van der Waals surface area contributed by atoms with Crippen LogP contribution in [0.1, 0.15) is 48.8 Å². The number of nitrogens with zero attached hydrogens (tertiary/aromatic N) is 5. The largest absolute Gasteiger partial charge is 0.439 e. The number of imidazole rings is 1. The highest BCUT2D eigenvalue weighted by Gasteiger charge is 2.48. The Morgan fingerprint density at radius 3 is 2.43 bits per heavy atom. The molecule has 5 rings (SSSR count). The third kappa shape index (κ3) is 5.30. The van der Waals surface area contributed by atoms with Gasteiger partial charge in [-0.15, -0.1) is 0 Å². The zero-order valence-electron chi connectivity index (χ0n) is 23.6. The molecular weight excluding hydrogens is 622 g/mol. The second-order valence-corrected chi connectivity index (χ2v) is 14.0. The topological polar surface area (TPSA) is 110 Å². The first-order chi connectivity index (χ1) is 19.6. The predicted molar refractivity (Wildman–Crippen MR) is 165 cm³/mol. The van der Waals surface area contributed by atoms with Gasteiger partial charge in [-0.25, -0.2) is 9.78 Å². The van der Waals surface area contributed by atoms with Gasteiger partial charge in [-0.2, -0.15) is 0 Å². The number of aryl methyl sites for hydroxylation is 1. The summed E-state index contributed by atoms with van der Waals surface area (Å²) in [6.07, 6.45) is 6.30. The number of amides is 1. The van der Waals surface area contributed by atoms with E-state index >= 15 is 0 Å². The molecule has 0 radical (unpaired) electrons. The van der Waals surface area contributed by atoms with Crippen LogP contribution in [0.3, 0.4) is 0 Å². The molecule has 2 aromatic heterocycles. The van der Waals surface area contributed by atoms with Gasteiger partial charge in [0.25, 0.3) is 0 Å². The number of alkyl halides is 3. The average molecular weight is 654 g/mol. The normalized spacial score (nSPS) is 21.1. The number of ether oxygens (including phenoxy) is 1. The van der Waals surface area contributed by atoms with Crippen LogP contribution in [-0.4, -0.2) is 71.1 Å². The van der Waals surface area contributed by atoms with Crippen molar-refractivity contribution in [2.24, 2.45) is 12.8 Å². The molecule has 2 atom stereocenters. The van der Waals surface area contributed by atoms with Gasteiger partial charge in [0.05, 0.1) is 23.9 Å². The molecule has 1 aliphatic heterocycles. The molecule has 0 bridgehead atoms. The first-order valence-electron chi connectivity index (χ1n) is 13.3. The number of carbonyl (C=O) groups excluding carboxylic acids is 1. The van der Waals surface area contributed by atoms with E-state index in [4.69, 9.17) is 61.9 Å². The molecule has 3 heterocycles. The summed E-state index contributed by atoms with van der Waals surface area (Å²) in [6.45, 7) is 6.23. The number of nitrogens with two attached hydrogens (primary N) is 1. The molecule has 0 spiro atoms. The van der Waals surface area contributed by atoms with Crippen molar-refractivity contribution >= 4 is 64.1 Å². The molecule has 1 amide bonds. The molecule has 1 unspecified atom stereocenters. The minimum Gasteiger partial charge on any atom is -0.439 e. The number of aromatic nitrogens is 3. The summed E-state index contributed by atoms with van der Waals surface area (Å²) in [7, 11) is 1.83. The Hall–Kier alpha value is -2.37. The first kappa shape index (κ1) is 31.1. The highest BCUT2D eigenvalue weighted by atomic mass is 35.6. The molecule has 1 aliphatic carbocycles. The van der Waals surface area contributed by atoms with E-state index in [1.54, 1.807) is 55.0 Å². The fraction of sp³-hybridized carbons (Fsp3) is 0.414. The van der Waals surface area contributed by atoms with Gasteiger partial charge in [0.15, 0.2) is 5.60 Å². The van der Waals surface area contributed by atoms with E-state index in [0.717, 1.165) is 5.56 Å². The number of halogens is 4. The van der Waals surface area contributed by atoms with Gasteiger partial charge in [-0.1, -0.05) is 58.5 Å². The summed E-state index contributed by atoms with van der Waals surface area (Å²) in [4.78, 5) is 25.6. The van der Waals surface area contributed by atoms with E-state index in [1.807, 2.05) is 37.4 Å². The summed E-state index contributed by atoms with van der Waals surface area (Å²) < 4.78 is 5.54. The lowest BCUT2D eigenvalue weighted by Gasteiger charge is -2.46. The fourth-order valence-corrected chi connectivity index (χ4v) is 5.84. The molecule has 42 heavy (non-hydrogen) atoms. The van der Waals surface area contributed by atoms with Crippen LogP contribution in [0, 0.1) is 0 Å². The molecule has 1 aromatic carbocycles. The number of hydrogen-bond acceptors (Lipinski definition) is 7. The second-order valence-electron chi connectivity index (χ2n) is 11.3. The maximum Gasteiger partial charge on any atom is 0.410 e. The van der Waals surface area contributed by atoms with Crippen molar-refractivity contribution in [3.8, 4) is 0 Å². The number of pyridine rings is 1. The van der Waals surface area contributed by atoms with Crippen LogP contribution in [0.4, 0.5) is 4.79 Å². The monoisotopic (exact) mass is 652 g/mol. The number of carbonyl (C=O) groups is 1. The minimum absolute atomic E-state index is 0.311. The van der Waals surface area contributed by atoms with Gasteiger partial charge in [0, 0.05) is 55.6 Å². The second kappa shape index (κ2) is 11.0. The lowest BCUT2D eigenvalue weighted by molar-refractivity contribution is -0.00407. The van der Waals surface area contributed by atoms with Crippen LogP contribution in [0.2, 0.25) is 5.02 Å². The lowest BCUT2D eigenvalue weighted by Crippen LogP contribution is -2.62. The summed E-state index contributed by atoms with van der Waals surface area (Å²) in [5.74, 6) is 0. The molecule has 1 fully saturated rings. The fourth-order valence-electron chi connectivity index (χ4n) is 5.55. The first-order valence-corrected chi connectivity index (χ1v) is 14.8. The molecule has 13 heteroatoms. The van der Waals surface area contributed by atoms with Gasteiger partial charge in [-0.3, -0.25) is 9.88 Å². The highest BCUT2D eigenvalue weighted by molar-refractivity contribution is 6.68. The Balaban J connectivity index is 1.55. The predicted octanol–water partition coefficient (Wildman–Crippen LogP) is 5.29. The van der Waals surface area contributed by atoms with E-state index in [9.17, 15) is 9.90 Å². The van der Waals surface area contributed by atoms with Crippen LogP contribution < -0.4 is 5.73 Å². The van der Waals surface area contributed by atoms with Crippen LogP contribution in [0.5, 0.6) is 0 Å². The van der Waals surface area contributed by atoms with Gasteiger partial charge >= 0.3 is 6.09 Å². The van der Waals surface area contributed by atoms with E-state index in [0.29, 0.717) is 59.3 Å². The molecule has 3 aromatic rings. The van der Waals surface area contributed by atoms with Crippen molar-refractivity contribution in [1.29, 1.82) is 0 Å². The van der Waals surface area contributed by atoms with Gasteiger partial charge < -0.3 is 25.0 Å². The molecular formula is C29H32Cl4N6O3. The number of rotatable bonds is 4. The van der Waals surface area contributed by atoms with Crippen molar-refractivity contribution in [2.75, 3.05) is 26.2 Å². The smallest absolute Gasteiger partial charge is 0.410 e. The molecule has 224 valence electrons. The van der Waals surface area contributed by atoms with Gasteiger partial charge in [0.2, 0.25) is 3.79 Å². The van der Waals surface area contributed by atoms with Gasteiger partial charge in [0.1, 0.15) is 11.3 Å². The number of benzene rings is 1. The zero-order chi connectivity index (χ0) is 30.7. The van der Waals surface area contributed by atoms with Crippen molar-refractivity contribution in [2.45, 2.75) is 41.4 Å². The Kier molecular flexibility index (Phi) is 8.11. The Morgan fingerprint density at radius 1 is 1.12 bits per heavy atom. The highest BCUT2D eigenvalue weighted by Crippen LogP contribution is 2.47. The Labute approximate surface area is 264 Å². The summed E-state index contributed by atoms with van der Waals surface area (Å²) in [5.41, 5.74) is 7.36. The molecule has 3 N–H and O–H groups in total. The van der Waals surface area contributed by atoms with Crippen LogP contribution in [0.25, 0.3) is 11.6 Å². The molecule has 2 aliphatic rings. The maximum atomic E-state index is 13.0. The van der Waals surface area contributed by atoms with Crippen molar-refractivity contribution < 1.29 is 14.6 Å². The standard InChI is InChI=1S/C29H32Cl4N6O3/c1-26(2,29(31,32)33)42-25(40)38-10-12-39(13-11-38)28(34)21-8-7-19(30)15-20(21)22(14-18-6-5-9-36-24(18)28)27(3,41)23-16-35-17-37(23)4/h5-9,14-17,41H,10-13,34H2,1-4H3/t27?,28-/m0/s1. The quantitative estimate of drug-likeness (QED) is 0.368. The van der Waals surface area contributed by atoms with E-state index < -0.39 is 26.8 Å². The van der Waals surface area contributed by atoms with Crippen LogP contribution in [-0.2, 0) is 23.0 Å². The van der Waals surface area contributed by atoms with Crippen molar-refractivity contribution in [3.05, 3.63) is 82.2 Å². The van der Waals surface area contributed by atoms with Gasteiger partial charge in [-0.05, 0) is 56.2 Å². The van der Waals surface area contributed by atoms with Crippen LogP contribution >= 0.6 is 46.4 Å². The average Bonchev–Trinajstić information content (AvgIpc) is 3.33. The Bertz CT molecular complexity index is 1540.